The minimum absolute atomic E-state index is 0.189. The van der Waals surface area contributed by atoms with E-state index < -0.39 is 0 Å². The van der Waals surface area contributed by atoms with Gasteiger partial charge in [-0.15, -0.1) is 0 Å². The lowest BCUT2D eigenvalue weighted by atomic mass is 10.2. The van der Waals surface area contributed by atoms with Crippen molar-refractivity contribution in [2.75, 3.05) is 14.2 Å². The molecule has 2 rings (SSSR count). The minimum Gasteiger partial charge on any atom is -0.493 e. The number of carbonyl (C=O) groups is 1. The van der Waals surface area contributed by atoms with Crippen molar-refractivity contribution in [1.82, 2.24) is 10.3 Å². The number of hydrogen-bond donors (Lipinski definition) is 2. The molecule has 0 fully saturated rings. The van der Waals surface area contributed by atoms with Gasteiger partial charge in [0.1, 0.15) is 6.26 Å². The summed E-state index contributed by atoms with van der Waals surface area (Å²) >= 11 is 0. The molecule has 1 unspecified atom stereocenters. The molecule has 1 atom stereocenters. The monoisotopic (exact) mass is 305 g/mol. The lowest BCUT2D eigenvalue weighted by Gasteiger charge is -2.12. The van der Waals surface area contributed by atoms with Gasteiger partial charge in [-0.1, -0.05) is 12.1 Å². The smallest absolute Gasteiger partial charge is 0.273 e. The Balaban J connectivity index is 2.07. The molecular formula is C15H19N3O4. The van der Waals surface area contributed by atoms with E-state index in [1.807, 2.05) is 12.1 Å². The Labute approximate surface area is 128 Å². The van der Waals surface area contributed by atoms with Crippen LogP contribution in [-0.4, -0.2) is 25.1 Å². The first-order valence-electron chi connectivity index (χ1n) is 6.76. The van der Waals surface area contributed by atoms with Crippen LogP contribution >= 0.6 is 0 Å². The number of amides is 1. The summed E-state index contributed by atoms with van der Waals surface area (Å²) in [7, 11) is 3.11. The highest BCUT2D eigenvalue weighted by atomic mass is 16.5. The first-order chi connectivity index (χ1) is 10.6. The number of benzene rings is 1. The standard InChI is InChI=1S/C15H19N3O4/c1-9(16)15-18-11(8-22-15)14(19)17-7-10-5-4-6-12(20-2)13(10)21-3/h4-6,8-9H,7,16H2,1-3H3,(H,17,19). The summed E-state index contributed by atoms with van der Waals surface area (Å²) in [6.07, 6.45) is 1.29. The molecule has 3 N–H and O–H groups in total. The van der Waals surface area contributed by atoms with Crippen molar-refractivity contribution in [3.05, 3.63) is 41.6 Å². The van der Waals surface area contributed by atoms with Crippen molar-refractivity contribution in [3.63, 3.8) is 0 Å². The zero-order valence-corrected chi connectivity index (χ0v) is 12.8. The van der Waals surface area contributed by atoms with Crippen LogP contribution in [0.2, 0.25) is 0 Å². The summed E-state index contributed by atoms with van der Waals surface area (Å²) in [4.78, 5) is 16.1. The Morgan fingerprint density at radius 3 is 2.77 bits per heavy atom. The molecule has 7 nitrogen and oxygen atoms in total. The summed E-state index contributed by atoms with van der Waals surface area (Å²) in [5, 5.41) is 2.76. The number of methoxy groups -OCH3 is 2. The highest BCUT2D eigenvalue weighted by Crippen LogP contribution is 2.30. The fourth-order valence-corrected chi connectivity index (χ4v) is 1.96. The molecule has 0 saturated heterocycles. The highest BCUT2D eigenvalue weighted by molar-refractivity contribution is 5.91. The molecule has 7 heteroatoms. The fourth-order valence-electron chi connectivity index (χ4n) is 1.96. The molecule has 1 aromatic heterocycles. The van der Waals surface area contributed by atoms with Gasteiger partial charge in [0.2, 0.25) is 5.89 Å². The normalized spacial score (nSPS) is 11.8. The summed E-state index contributed by atoms with van der Waals surface area (Å²) in [6.45, 7) is 2.01. The van der Waals surface area contributed by atoms with E-state index in [0.717, 1.165) is 5.56 Å². The van der Waals surface area contributed by atoms with Crippen molar-refractivity contribution in [2.45, 2.75) is 19.5 Å². The van der Waals surface area contributed by atoms with Crippen LogP contribution in [0, 0.1) is 0 Å². The van der Waals surface area contributed by atoms with Gasteiger partial charge in [0.15, 0.2) is 17.2 Å². The number of nitrogens with two attached hydrogens (primary N) is 1. The van der Waals surface area contributed by atoms with E-state index in [0.29, 0.717) is 17.4 Å². The summed E-state index contributed by atoms with van der Waals surface area (Å²) < 4.78 is 15.7. The second kappa shape index (κ2) is 6.95. The Morgan fingerprint density at radius 2 is 2.18 bits per heavy atom. The van der Waals surface area contributed by atoms with Crippen LogP contribution in [-0.2, 0) is 6.54 Å². The van der Waals surface area contributed by atoms with E-state index in [-0.39, 0.29) is 24.2 Å². The first-order valence-corrected chi connectivity index (χ1v) is 6.76. The minimum atomic E-state index is -0.361. The number of nitrogens with zero attached hydrogens (tertiary/aromatic N) is 1. The molecular weight excluding hydrogens is 286 g/mol. The maximum Gasteiger partial charge on any atom is 0.273 e. The van der Waals surface area contributed by atoms with Crippen LogP contribution in [0.15, 0.2) is 28.9 Å². The molecule has 22 heavy (non-hydrogen) atoms. The van der Waals surface area contributed by atoms with Crippen molar-refractivity contribution in [1.29, 1.82) is 0 Å². The van der Waals surface area contributed by atoms with Crippen LogP contribution in [0.4, 0.5) is 0 Å². The molecule has 1 heterocycles. The number of aromatic nitrogens is 1. The van der Waals surface area contributed by atoms with Crippen LogP contribution in [0.3, 0.4) is 0 Å². The zero-order valence-electron chi connectivity index (χ0n) is 12.8. The lowest BCUT2D eigenvalue weighted by Crippen LogP contribution is -2.23. The van der Waals surface area contributed by atoms with E-state index in [9.17, 15) is 4.79 Å². The van der Waals surface area contributed by atoms with Gasteiger partial charge in [-0.3, -0.25) is 4.79 Å². The predicted octanol–water partition coefficient (Wildman–Crippen LogP) is 1.64. The van der Waals surface area contributed by atoms with Crippen molar-refractivity contribution >= 4 is 5.91 Å². The number of nitrogens with one attached hydrogen (secondary N) is 1. The molecule has 1 amide bonds. The van der Waals surface area contributed by atoms with E-state index >= 15 is 0 Å². The SMILES string of the molecule is COc1cccc(CNC(=O)c2coc(C(C)N)n2)c1OC. The highest BCUT2D eigenvalue weighted by Gasteiger charge is 2.15. The first kappa shape index (κ1) is 15.8. The lowest BCUT2D eigenvalue weighted by molar-refractivity contribution is 0.0945. The Hall–Kier alpha value is -2.54. The van der Waals surface area contributed by atoms with Gasteiger partial charge < -0.3 is 24.9 Å². The van der Waals surface area contributed by atoms with E-state index in [2.05, 4.69) is 10.3 Å². The third kappa shape index (κ3) is 3.37. The predicted molar refractivity (Wildman–Crippen MR) is 79.8 cm³/mol. The summed E-state index contributed by atoms with van der Waals surface area (Å²) in [6, 6.07) is 5.10. The molecule has 2 aromatic rings. The van der Waals surface area contributed by atoms with Gasteiger partial charge in [0.05, 0.1) is 20.3 Å². The van der Waals surface area contributed by atoms with Gasteiger partial charge in [0.25, 0.3) is 5.91 Å². The van der Waals surface area contributed by atoms with Crippen LogP contribution in [0.25, 0.3) is 0 Å². The third-order valence-electron chi connectivity index (χ3n) is 3.07. The summed E-state index contributed by atoms with van der Waals surface area (Å²) in [5.41, 5.74) is 6.63. The molecule has 0 spiro atoms. The molecule has 0 aliphatic carbocycles. The van der Waals surface area contributed by atoms with Gasteiger partial charge in [-0.05, 0) is 13.0 Å². The quantitative estimate of drug-likeness (QED) is 0.841. The molecule has 0 aliphatic heterocycles. The van der Waals surface area contributed by atoms with Crippen LogP contribution in [0.5, 0.6) is 11.5 Å². The number of hydrogen-bond acceptors (Lipinski definition) is 6. The topological polar surface area (TPSA) is 99.6 Å². The average molecular weight is 305 g/mol. The van der Waals surface area contributed by atoms with E-state index in [4.69, 9.17) is 19.6 Å². The number of rotatable bonds is 6. The largest absolute Gasteiger partial charge is 0.493 e. The van der Waals surface area contributed by atoms with Gasteiger partial charge in [0, 0.05) is 12.1 Å². The Bertz CT molecular complexity index is 652. The maximum atomic E-state index is 12.1. The average Bonchev–Trinajstić information content (AvgIpc) is 3.02. The van der Waals surface area contributed by atoms with Gasteiger partial charge in [-0.25, -0.2) is 4.98 Å². The second-order valence-corrected chi connectivity index (χ2v) is 4.69. The molecule has 0 radical (unpaired) electrons. The molecule has 0 bridgehead atoms. The molecule has 1 aromatic carbocycles. The maximum absolute atomic E-state index is 12.1. The van der Waals surface area contributed by atoms with Crippen molar-refractivity contribution in [2.24, 2.45) is 5.73 Å². The second-order valence-electron chi connectivity index (χ2n) is 4.69. The Kier molecular flexibility index (Phi) is 5.00. The third-order valence-corrected chi connectivity index (χ3v) is 3.07. The van der Waals surface area contributed by atoms with Gasteiger partial charge in [-0.2, -0.15) is 0 Å². The zero-order chi connectivity index (χ0) is 16.1. The van der Waals surface area contributed by atoms with Gasteiger partial charge >= 0.3 is 0 Å². The Morgan fingerprint density at radius 1 is 1.41 bits per heavy atom. The molecule has 0 aliphatic rings. The number of oxazole rings is 1. The molecule has 0 saturated carbocycles. The van der Waals surface area contributed by atoms with E-state index in [1.165, 1.54) is 6.26 Å². The van der Waals surface area contributed by atoms with Crippen LogP contribution in [0.1, 0.15) is 34.9 Å². The van der Waals surface area contributed by atoms with Crippen LogP contribution < -0.4 is 20.5 Å². The number of carbonyl (C=O) groups excluding carboxylic acids is 1. The number of para-hydroxylation sites is 1. The fraction of sp³-hybridized carbons (Fsp3) is 0.333. The number of ether oxygens (including phenoxy) is 2. The van der Waals surface area contributed by atoms with E-state index in [1.54, 1.807) is 27.2 Å². The summed E-state index contributed by atoms with van der Waals surface area (Å²) in [5.74, 6) is 1.17. The van der Waals surface area contributed by atoms with Crippen molar-refractivity contribution in [3.8, 4) is 11.5 Å². The van der Waals surface area contributed by atoms with Crippen molar-refractivity contribution < 1.29 is 18.7 Å². The molecule has 118 valence electrons.